The molecule has 0 aromatic carbocycles. The molecule has 0 saturated carbocycles. The maximum atomic E-state index is 11.5. The Morgan fingerprint density at radius 3 is 3.25 bits per heavy atom. The van der Waals surface area contributed by atoms with Crippen molar-refractivity contribution in [2.24, 2.45) is 11.3 Å². The van der Waals surface area contributed by atoms with Crippen molar-refractivity contribution in [1.29, 1.82) is 0 Å². The van der Waals surface area contributed by atoms with E-state index < -0.39 is 11.4 Å². The third kappa shape index (κ3) is 1.21. The van der Waals surface area contributed by atoms with Crippen molar-refractivity contribution < 1.29 is 9.90 Å². The van der Waals surface area contributed by atoms with Crippen LogP contribution in [0.4, 0.5) is 0 Å². The molecule has 3 aliphatic rings. The van der Waals surface area contributed by atoms with Crippen LogP contribution >= 0.6 is 0 Å². The highest BCUT2D eigenvalue weighted by atomic mass is 16.4. The molecule has 0 aromatic heterocycles. The fourth-order valence-corrected chi connectivity index (χ4v) is 3.07. The summed E-state index contributed by atoms with van der Waals surface area (Å²) in [5.74, 6) is -0.276. The minimum atomic E-state index is -0.669. The summed E-state index contributed by atoms with van der Waals surface area (Å²) >= 11 is 0. The van der Waals surface area contributed by atoms with Gasteiger partial charge in [0.1, 0.15) is 5.41 Å². The zero-order valence-electron chi connectivity index (χ0n) is 9.07. The van der Waals surface area contributed by atoms with Crippen molar-refractivity contribution in [3.8, 4) is 0 Å². The van der Waals surface area contributed by atoms with Crippen molar-refractivity contribution in [3.05, 3.63) is 35.5 Å². The van der Waals surface area contributed by atoms with E-state index in [4.69, 9.17) is 0 Å². The van der Waals surface area contributed by atoms with E-state index >= 15 is 0 Å². The fraction of sp³-hybridized carbons (Fsp3) is 0.462. The third-order valence-electron chi connectivity index (χ3n) is 4.02. The molecule has 1 aliphatic heterocycles. The molecule has 0 radical (unpaired) electrons. The van der Waals surface area contributed by atoms with Crippen molar-refractivity contribution >= 4 is 5.97 Å². The summed E-state index contributed by atoms with van der Waals surface area (Å²) in [4.78, 5) is 11.5. The van der Waals surface area contributed by atoms with Gasteiger partial charge in [0, 0.05) is 13.1 Å². The van der Waals surface area contributed by atoms with Gasteiger partial charge in [-0.1, -0.05) is 24.3 Å². The van der Waals surface area contributed by atoms with Crippen LogP contribution < -0.4 is 5.32 Å². The third-order valence-corrected chi connectivity index (χ3v) is 4.02. The molecule has 0 amide bonds. The molecule has 0 bridgehead atoms. The molecule has 0 aromatic rings. The molecule has 84 valence electrons. The summed E-state index contributed by atoms with van der Waals surface area (Å²) in [5.41, 5.74) is 1.73. The van der Waals surface area contributed by atoms with Gasteiger partial charge in [0.25, 0.3) is 0 Å². The van der Waals surface area contributed by atoms with Crippen molar-refractivity contribution in [2.75, 3.05) is 13.1 Å². The number of allylic oxidation sites excluding steroid dienone is 5. The van der Waals surface area contributed by atoms with E-state index in [0.717, 1.165) is 25.0 Å². The molecule has 2 aliphatic carbocycles. The van der Waals surface area contributed by atoms with E-state index in [2.05, 4.69) is 29.6 Å². The Hall–Kier alpha value is -1.35. The SMILES string of the molecule is O=C(O)C12CNCC1=CC1=CC=CCC1C2. The van der Waals surface area contributed by atoms with Gasteiger partial charge in [-0.2, -0.15) is 0 Å². The maximum absolute atomic E-state index is 11.5. The zero-order chi connectivity index (χ0) is 11.2. The number of rotatable bonds is 1. The molecule has 3 rings (SSSR count). The molecule has 2 atom stereocenters. The first-order valence-corrected chi connectivity index (χ1v) is 5.74. The van der Waals surface area contributed by atoms with E-state index in [1.165, 1.54) is 5.57 Å². The Labute approximate surface area is 94.5 Å². The smallest absolute Gasteiger partial charge is 0.315 e. The Balaban J connectivity index is 2.06. The predicted molar refractivity (Wildman–Crippen MR) is 61.0 cm³/mol. The normalized spacial score (nSPS) is 36.1. The van der Waals surface area contributed by atoms with Crippen LogP contribution in [0.2, 0.25) is 0 Å². The summed E-state index contributed by atoms with van der Waals surface area (Å²) < 4.78 is 0. The van der Waals surface area contributed by atoms with E-state index in [0.29, 0.717) is 12.5 Å². The molecular formula is C13H15NO2. The lowest BCUT2D eigenvalue weighted by Gasteiger charge is -2.35. The summed E-state index contributed by atoms with van der Waals surface area (Å²) in [7, 11) is 0. The highest BCUT2D eigenvalue weighted by Gasteiger charge is 2.49. The second-order valence-corrected chi connectivity index (χ2v) is 4.89. The lowest BCUT2D eigenvalue weighted by molar-refractivity contribution is -0.146. The van der Waals surface area contributed by atoms with Crippen LogP contribution in [0.25, 0.3) is 0 Å². The monoisotopic (exact) mass is 217 g/mol. The van der Waals surface area contributed by atoms with Gasteiger partial charge >= 0.3 is 5.97 Å². The van der Waals surface area contributed by atoms with Crippen LogP contribution in [-0.2, 0) is 4.79 Å². The van der Waals surface area contributed by atoms with Gasteiger partial charge in [0.05, 0.1) is 0 Å². The summed E-state index contributed by atoms with van der Waals surface area (Å²) in [6, 6.07) is 0. The van der Waals surface area contributed by atoms with Gasteiger partial charge < -0.3 is 10.4 Å². The molecule has 3 heteroatoms. The van der Waals surface area contributed by atoms with Gasteiger partial charge in [-0.3, -0.25) is 4.79 Å². The first-order chi connectivity index (χ1) is 7.72. The summed E-state index contributed by atoms with van der Waals surface area (Å²) in [5, 5.41) is 12.7. The van der Waals surface area contributed by atoms with E-state index in [1.54, 1.807) is 0 Å². The van der Waals surface area contributed by atoms with Gasteiger partial charge in [-0.25, -0.2) is 0 Å². The average molecular weight is 217 g/mol. The molecule has 1 fully saturated rings. The first kappa shape index (κ1) is 9.85. The number of carbonyl (C=O) groups is 1. The second-order valence-electron chi connectivity index (χ2n) is 4.89. The zero-order valence-corrected chi connectivity index (χ0v) is 9.07. The quantitative estimate of drug-likeness (QED) is 0.699. The van der Waals surface area contributed by atoms with Gasteiger partial charge in [0.15, 0.2) is 0 Å². The Morgan fingerprint density at radius 1 is 1.56 bits per heavy atom. The second kappa shape index (κ2) is 3.32. The van der Waals surface area contributed by atoms with Gasteiger partial charge in [0.2, 0.25) is 0 Å². The largest absolute Gasteiger partial charge is 0.481 e. The number of carboxylic acid groups (broad SMARTS) is 1. The van der Waals surface area contributed by atoms with Crippen LogP contribution in [-0.4, -0.2) is 24.2 Å². The van der Waals surface area contributed by atoms with Crippen LogP contribution in [0, 0.1) is 11.3 Å². The van der Waals surface area contributed by atoms with E-state index in [-0.39, 0.29) is 0 Å². The summed E-state index contributed by atoms with van der Waals surface area (Å²) in [6.07, 6.45) is 10.1. The van der Waals surface area contributed by atoms with Crippen molar-refractivity contribution in [3.63, 3.8) is 0 Å². The molecule has 2 N–H and O–H groups in total. The Kier molecular flexibility index (Phi) is 2.04. The number of aliphatic carboxylic acids is 1. The van der Waals surface area contributed by atoms with Gasteiger partial charge in [-0.05, 0) is 29.9 Å². The molecule has 1 heterocycles. The molecule has 2 unspecified atom stereocenters. The van der Waals surface area contributed by atoms with Crippen LogP contribution in [0.3, 0.4) is 0 Å². The molecule has 1 saturated heterocycles. The van der Waals surface area contributed by atoms with Crippen LogP contribution in [0.1, 0.15) is 12.8 Å². The van der Waals surface area contributed by atoms with E-state index in [1.807, 2.05) is 0 Å². The van der Waals surface area contributed by atoms with Gasteiger partial charge in [-0.15, -0.1) is 0 Å². The number of hydrogen-bond donors (Lipinski definition) is 2. The summed E-state index contributed by atoms with van der Waals surface area (Å²) in [6.45, 7) is 1.31. The Morgan fingerprint density at radius 2 is 2.44 bits per heavy atom. The number of nitrogens with one attached hydrogen (secondary N) is 1. The minimum absolute atomic E-state index is 0.393. The number of fused-ring (bicyclic) bond motifs is 2. The van der Waals surface area contributed by atoms with Crippen molar-refractivity contribution in [1.82, 2.24) is 5.32 Å². The van der Waals surface area contributed by atoms with Crippen molar-refractivity contribution in [2.45, 2.75) is 12.8 Å². The lowest BCUT2D eigenvalue weighted by Crippen LogP contribution is -2.39. The standard InChI is InChI=1S/C13H15NO2/c15-12(16)13-6-10-4-2-1-3-9(10)5-11(13)7-14-8-13/h1-3,5,10,14H,4,6-8H2,(H,15,16). The minimum Gasteiger partial charge on any atom is -0.481 e. The molecule has 3 nitrogen and oxygen atoms in total. The fourth-order valence-electron chi connectivity index (χ4n) is 3.07. The molecule has 0 spiro atoms. The Bertz CT molecular complexity index is 433. The topological polar surface area (TPSA) is 49.3 Å². The van der Waals surface area contributed by atoms with Crippen LogP contribution in [0.15, 0.2) is 35.5 Å². The predicted octanol–water partition coefficient (Wildman–Crippen LogP) is 1.49. The highest BCUT2D eigenvalue weighted by Crippen LogP contribution is 2.46. The molecule has 16 heavy (non-hydrogen) atoms. The average Bonchev–Trinajstić information content (AvgIpc) is 2.69. The van der Waals surface area contributed by atoms with E-state index in [9.17, 15) is 9.90 Å². The number of hydrogen-bond acceptors (Lipinski definition) is 2. The lowest BCUT2D eigenvalue weighted by atomic mass is 9.67. The molecular weight excluding hydrogens is 202 g/mol. The van der Waals surface area contributed by atoms with Crippen LogP contribution in [0.5, 0.6) is 0 Å². The first-order valence-electron chi connectivity index (χ1n) is 5.74. The maximum Gasteiger partial charge on any atom is 0.315 e. The number of carboxylic acids is 1. The highest BCUT2D eigenvalue weighted by molar-refractivity contribution is 5.81.